The van der Waals surface area contributed by atoms with Crippen LogP contribution in [0.2, 0.25) is 0 Å². The van der Waals surface area contributed by atoms with Crippen LogP contribution in [-0.4, -0.2) is 64.6 Å². The van der Waals surface area contributed by atoms with Crippen LogP contribution in [0.5, 0.6) is 0 Å². The molecule has 3 rings (SSSR count). The molecule has 118 valence electrons. The number of hydrogen-bond acceptors (Lipinski definition) is 6. The highest BCUT2D eigenvalue weighted by atomic mass is 32.1. The Hall–Kier alpha value is -1.70. The third kappa shape index (κ3) is 3.37. The maximum Gasteiger partial charge on any atom is 0.265 e. The monoisotopic (exact) mass is 321 g/mol. The van der Waals surface area contributed by atoms with Crippen molar-refractivity contribution < 1.29 is 14.3 Å². The van der Waals surface area contributed by atoms with Gasteiger partial charge >= 0.3 is 0 Å². The highest BCUT2D eigenvalue weighted by Crippen LogP contribution is 2.26. The van der Waals surface area contributed by atoms with Crippen molar-refractivity contribution in [2.24, 2.45) is 0 Å². The predicted molar refractivity (Wildman–Crippen MR) is 83.8 cm³/mol. The molecule has 1 unspecified atom stereocenters. The molecule has 1 fully saturated rings. The lowest BCUT2D eigenvalue weighted by atomic mass is 10.2. The molecule has 0 saturated carbocycles. The van der Waals surface area contributed by atoms with E-state index in [1.807, 2.05) is 11.0 Å². The second kappa shape index (κ2) is 6.60. The average molecular weight is 321 g/mol. The van der Waals surface area contributed by atoms with E-state index in [1.165, 1.54) is 11.3 Å². The van der Waals surface area contributed by atoms with Crippen LogP contribution in [0.1, 0.15) is 16.6 Å². The normalized spacial score (nSPS) is 17.6. The minimum absolute atomic E-state index is 0.0204. The number of rotatable bonds is 4. The molecule has 6 nitrogen and oxygen atoms in total. The summed E-state index contributed by atoms with van der Waals surface area (Å²) in [6, 6.07) is 3.64. The van der Waals surface area contributed by atoms with Gasteiger partial charge in [-0.15, -0.1) is 11.3 Å². The van der Waals surface area contributed by atoms with Gasteiger partial charge in [-0.05, 0) is 19.1 Å². The molecule has 2 aromatic rings. The summed E-state index contributed by atoms with van der Waals surface area (Å²) < 4.78 is 5.30. The summed E-state index contributed by atoms with van der Waals surface area (Å²) in [6.07, 6.45) is 2.88. The van der Waals surface area contributed by atoms with Crippen molar-refractivity contribution in [1.29, 1.82) is 0 Å². The van der Waals surface area contributed by atoms with Gasteiger partial charge in [0.1, 0.15) is 4.88 Å². The highest BCUT2D eigenvalue weighted by molar-refractivity contribution is 7.16. The molecule has 1 saturated heterocycles. The van der Waals surface area contributed by atoms with Gasteiger partial charge in [0.05, 0.1) is 18.6 Å². The fourth-order valence-corrected chi connectivity index (χ4v) is 3.40. The van der Waals surface area contributed by atoms with Gasteiger partial charge in [-0.1, -0.05) is 0 Å². The largest absolute Gasteiger partial charge is 0.462 e. The van der Waals surface area contributed by atoms with Crippen molar-refractivity contribution in [3.63, 3.8) is 0 Å². The molecular formula is C15H19N3O3S. The van der Waals surface area contributed by atoms with Gasteiger partial charge in [0, 0.05) is 32.7 Å². The van der Waals surface area contributed by atoms with Crippen LogP contribution >= 0.6 is 11.3 Å². The Balaban J connectivity index is 1.61. The summed E-state index contributed by atoms with van der Waals surface area (Å²) >= 11 is 1.35. The number of β-amino-alcohol motifs (C(OH)–C–C–N with tert-alkyl or cyclic N) is 1. The molecule has 0 spiro atoms. The Kier molecular flexibility index (Phi) is 4.56. The maximum atomic E-state index is 12.5. The number of carbonyl (C=O) groups excluding carboxylic acids is 1. The molecule has 0 aliphatic carbocycles. The van der Waals surface area contributed by atoms with E-state index < -0.39 is 0 Å². The van der Waals surface area contributed by atoms with Crippen LogP contribution in [0.15, 0.2) is 29.0 Å². The second-order valence-corrected chi connectivity index (χ2v) is 6.48. The Morgan fingerprint density at radius 2 is 2.23 bits per heavy atom. The van der Waals surface area contributed by atoms with E-state index in [4.69, 9.17) is 4.42 Å². The quantitative estimate of drug-likeness (QED) is 0.925. The SMILES string of the molecule is CC(O)CN1CCN(C(=O)c2cnc(-c3ccco3)s2)CC1. The first kappa shape index (κ1) is 15.2. The third-order valence-electron chi connectivity index (χ3n) is 3.63. The fraction of sp³-hybridized carbons (Fsp3) is 0.467. The Morgan fingerprint density at radius 3 is 2.86 bits per heavy atom. The molecule has 0 bridgehead atoms. The van der Waals surface area contributed by atoms with Gasteiger partial charge < -0.3 is 14.4 Å². The van der Waals surface area contributed by atoms with E-state index in [2.05, 4.69) is 9.88 Å². The molecule has 1 N–H and O–H groups in total. The van der Waals surface area contributed by atoms with E-state index in [0.29, 0.717) is 30.3 Å². The maximum absolute atomic E-state index is 12.5. The van der Waals surface area contributed by atoms with Crippen molar-refractivity contribution in [2.75, 3.05) is 32.7 Å². The zero-order valence-corrected chi connectivity index (χ0v) is 13.3. The van der Waals surface area contributed by atoms with Crippen LogP contribution < -0.4 is 0 Å². The minimum Gasteiger partial charge on any atom is -0.462 e. The molecule has 0 aromatic carbocycles. The van der Waals surface area contributed by atoms with Crippen LogP contribution in [0.3, 0.4) is 0 Å². The number of amides is 1. The van der Waals surface area contributed by atoms with Gasteiger partial charge in [0.15, 0.2) is 10.8 Å². The Bertz CT molecular complexity index is 616. The molecule has 22 heavy (non-hydrogen) atoms. The predicted octanol–water partition coefficient (Wildman–Crippen LogP) is 1.54. The summed E-state index contributed by atoms with van der Waals surface area (Å²) in [6.45, 7) is 5.39. The average Bonchev–Trinajstić information content (AvgIpc) is 3.18. The lowest BCUT2D eigenvalue weighted by Gasteiger charge is -2.34. The van der Waals surface area contributed by atoms with Crippen LogP contribution in [-0.2, 0) is 0 Å². The van der Waals surface area contributed by atoms with Gasteiger partial charge in [0.25, 0.3) is 5.91 Å². The highest BCUT2D eigenvalue weighted by Gasteiger charge is 2.24. The summed E-state index contributed by atoms with van der Waals surface area (Å²) in [5.41, 5.74) is 0. The molecule has 1 aliphatic rings. The van der Waals surface area contributed by atoms with E-state index in [9.17, 15) is 9.90 Å². The zero-order chi connectivity index (χ0) is 15.5. The van der Waals surface area contributed by atoms with Gasteiger partial charge in [-0.25, -0.2) is 4.98 Å². The third-order valence-corrected chi connectivity index (χ3v) is 4.63. The van der Waals surface area contributed by atoms with Crippen LogP contribution in [0, 0.1) is 0 Å². The van der Waals surface area contributed by atoms with E-state index >= 15 is 0 Å². The Morgan fingerprint density at radius 1 is 1.45 bits per heavy atom. The first-order valence-electron chi connectivity index (χ1n) is 7.33. The van der Waals surface area contributed by atoms with Crippen molar-refractivity contribution in [3.8, 4) is 10.8 Å². The van der Waals surface area contributed by atoms with Crippen LogP contribution in [0.25, 0.3) is 10.8 Å². The van der Waals surface area contributed by atoms with Crippen molar-refractivity contribution >= 4 is 17.2 Å². The second-order valence-electron chi connectivity index (χ2n) is 5.45. The lowest BCUT2D eigenvalue weighted by molar-refractivity contribution is 0.0558. The van der Waals surface area contributed by atoms with Gasteiger partial charge in [0.2, 0.25) is 0 Å². The van der Waals surface area contributed by atoms with Gasteiger partial charge in [-0.2, -0.15) is 0 Å². The molecule has 1 amide bonds. The number of aromatic nitrogens is 1. The van der Waals surface area contributed by atoms with E-state index in [1.54, 1.807) is 25.5 Å². The fourth-order valence-electron chi connectivity index (χ4n) is 2.55. The summed E-state index contributed by atoms with van der Waals surface area (Å²) in [5, 5.41) is 10.1. The number of nitrogens with zero attached hydrogens (tertiary/aromatic N) is 3. The molecule has 7 heteroatoms. The van der Waals surface area contributed by atoms with Crippen molar-refractivity contribution in [3.05, 3.63) is 29.5 Å². The zero-order valence-electron chi connectivity index (χ0n) is 12.4. The molecule has 2 aromatic heterocycles. The minimum atomic E-state index is -0.334. The summed E-state index contributed by atoms with van der Waals surface area (Å²) in [5.74, 6) is 0.706. The van der Waals surface area contributed by atoms with Gasteiger partial charge in [-0.3, -0.25) is 9.69 Å². The first-order chi connectivity index (χ1) is 10.6. The molecule has 3 heterocycles. The standard InChI is InChI=1S/C15H19N3O3S/c1-11(19)10-17-4-6-18(7-5-17)15(20)13-9-16-14(22-13)12-3-2-8-21-12/h2-3,8-9,11,19H,4-7,10H2,1H3. The number of piperazine rings is 1. The summed E-state index contributed by atoms with van der Waals surface area (Å²) in [7, 11) is 0. The first-order valence-corrected chi connectivity index (χ1v) is 8.14. The molecule has 0 radical (unpaired) electrons. The van der Waals surface area contributed by atoms with Crippen LogP contribution in [0.4, 0.5) is 0 Å². The topological polar surface area (TPSA) is 69.8 Å². The molecule has 1 aliphatic heterocycles. The number of carbonyl (C=O) groups is 1. The smallest absolute Gasteiger partial charge is 0.265 e. The molecule has 1 atom stereocenters. The summed E-state index contributed by atoms with van der Waals surface area (Å²) in [4.78, 5) is 21.4. The number of aliphatic hydroxyl groups is 1. The molecular weight excluding hydrogens is 302 g/mol. The Labute approximate surface area is 133 Å². The number of hydrogen-bond donors (Lipinski definition) is 1. The lowest BCUT2D eigenvalue weighted by Crippen LogP contribution is -2.50. The number of aliphatic hydroxyl groups excluding tert-OH is 1. The van der Waals surface area contributed by atoms with E-state index in [0.717, 1.165) is 18.1 Å². The van der Waals surface area contributed by atoms with E-state index in [-0.39, 0.29) is 12.0 Å². The van der Waals surface area contributed by atoms with Crippen molar-refractivity contribution in [2.45, 2.75) is 13.0 Å². The number of thiazole rings is 1. The van der Waals surface area contributed by atoms with Crippen molar-refractivity contribution in [1.82, 2.24) is 14.8 Å². The number of furan rings is 1.